The van der Waals surface area contributed by atoms with Crippen LogP contribution >= 0.6 is 12.2 Å². The molecule has 0 aromatic heterocycles. The van der Waals surface area contributed by atoms with Crippen LogP contribution in [-0.2, 0) is 4.79 Å². The van der Waals surface area contributed by atoms with Gasteiger partial charge in [0.15, 0.2) is 11.7 Å². The predicted octanol–water partition coefficient (Wildman–Crippen LogP) is 1.75. The number of carbonyl (C=O) groups is 1. The van der Waals surface area contributed by atoms with E-state index in [2.05, 4.69) is 15.8 Å². The second-order valence-electron chi connectivity index (χ2n) is 5.54. The quantitative estimate of drug-likeness (QED) is 0.471. The third-order valence-corrected chi connectivity index (χ3v) is 3.09. The van der Waals surface area contributed by atoms with Crippen LogP contribution in [0.3, 0.4) is 0 Å². The lowest BCUT2D eigenvalue weighted by atomic mass is 10.1. The summed E-state index contributed by atoms with van der Waals surface area (Å²) in [4.78, 5) is 13.0. The van der Waals surface area contributed by atoms with Crippen LogP contribution in [0, 0.1) is 0 Å². The van der Waals surface area contributed by atoms with Crippen LogP contribution < -0.4 is 15.5 Å². The lowest BCUT2D eigenvalue weighted by Crippen LogP contribution is -2.37. The van der Waals surface area contributed by atoms with E-state index in [-0.39, 0.29) is 18.6 Å². The molecule has 1 amide bonds. The maximum absolute atomic E-state index is 11.5. The fourth-order valence-electron chi connectivity index (χ4n) is 1.56. The first-order chi connectivity index (χ1) is 10.8. The molecule has 0 atom stereocenters. The molecule has 23 heavy (non-hydrogen) atoms. The molecular weight excluding hydrogens is 312 g/mol. The van der Waals surface area contributed by atoms with Crippen molar-refractivity contribution in [3.63, 3.8) is 0 Å². The maximum atomic E-state index is 11.5. The summed E-state index contributed by atoms with van der Waals surface area (Å²) in [6, 6.07) is 7.64. The molecule has 1 aromatic rings. The highest BCUT2D eigenvalue weighted by Crippen LogP contribution is 2.12. The largest absolute Gasteiger partial charge is 0.484 e. The predicted molar refractivity (Wildman–Crippen MR) is 96.8 cm³/mol. The molecule has 6 nitrogen and oxygen atoms in total. The van der Waals surface area contributed by atoms with Gasteiger partial charge in [-0.15, -0.1) is 0 Å². The third-order valence-electron chi connectivity index (χ3n) is 2.88. The molecular formula is C16H24N4O2S. The smallest absolute Gasteiger partial charge is 0.259 e. The van der Waals surface area contributed by atoms with Crippen LogP contribution in [-0.4, -0.2) is 48.4 Å². The molecule has 0 aliphatic heterocycles. The number of nitrogens with zero attached hydrogens (tertiary/aromatic N) is 2. The van der Waals surface area contributed by atoms with Gasteiger partial charge < -0.3 is 15.0 Å². The standard InChI is InChI=1S/C16H24N4O2S/c1-11(2)17-16(23)19-18-12(3)13-6-8-14(9-7-13)22-10-15(21)20(4)5/h6-9,11H,10H2,1-5H3,(H2,17,19,23)/b18-12-. The number of hydrogen-bond acceptors (Lipinski definition) is 4. The van der Waals surface area contributed by atoms with E-state index in [1.54, 1.807) is 14.1 Å². The summed E-state index contributed by atoms with van der Waals surface area (Å²) >= 11 is 5.11. The average molecular weight is 336 g/mol. The first-order valence-electron chi connectivity index (χ1n) is 7.33. The molecule has 0 saturated carbocycles. The zero-order valence-corrected chi connectivity index (χ0v) is 15.0. The van der Waals surface area contributed by atoms with E-state index in [1.165, 1.54) is 4.90 Å². The Morgan fingerprint density at radius 3 is 2.43 bits per heavy atom. The van der Waals surface area contributed by atoms with E-state index in [0.717, 1.165) is 11.3 Å². The number of ether oxygens (including phenoxy) is 1. The van der Waals surface area contributed by atoms with Crippen molar-refractivity contribution in [2.24, 2.45) is 5.10 Å². The highest BCUT2D eigenvalue weighted by atomic mass is 32.1. The Bertz CT molecular complexity index is 568. The molecule has 0 fully saturated rings. The van der Waals surface area contributed by atoms with Gasteiger partial charge in [-0.05, 0) is 62.8 Å². The van der Waals surface area contributed by atoms with Crippen LogP contribution in [0.15, 0.2) is 29.4 Å². The van der Waals surface area contributed by atoms with E-state index in [1.807, 2.05) is 45.0 Å². The molecule has 0 bridgehead atoms. The van der Waals surface area contributed by atoms with E-state index in [0.29, 0.717) is 10.9 Å². The van der Waals surface area contributed by atoms with Crippen molar-refractivity contribution in [1.82, 2.24) is 15.6 Å². The number of nitrogens with one attached hydrogen (secondary N) is 2. The van der Waals surface area contributed by atoms with Crippen molar-refractivity contribution in [3.8, 4) is 5.75 Å². The van der Waals surface area contributed by atoms with Crippen LogP contribution in [0.5, 0.6) is 5.75 Å². The Morgan fingerprint density at radius 1 is 1.30 bits per heavy atom. The molecule has 2 N–H and O–H groups in total. The Kier molecular flexibility index (Phi) is 7.47. The number of amides is 1. The number of likely N-dealkylation sites (N-methyl/N-ethyl adjacent to an activating group) is 1. The number of benzene rings is 1. The molecule has 0 aliphatic carbocycles. The molecule has 1 rings (SSSR count). The SMILES string of the molecule is C/C(=N/NC(=S)NC(C)C)c1ccc(OCC(=O)N(C)C)cc1. The second kappa shape index (κ2) is 9.09. The first kappa shape index (κ1) is 18.9. The minimum atomic E-state index is -0.0813. The summed E-state index contributed by atoms with van der Waals surface area (Å²) in [5.74, 6) is 0.559. The zero-order valence-electron chi connectivity index (χ0n) is 14.2. The highest BCUT2D eigenvalue weighted by molar-refractivity contribution is 7.80. The van der Waals surface area contributed by atoms with Gasteiger partial charge in [-0.3, -0.25) is 10.2 Å². The minimum absolute atomic E-state index is 0.0239. The summed E-state index contributed by atoms with van der Waals surface area (Å²) in [7, 11) is 3.39. The molecule has 0 saturated heterocycles. The van der Waals surface area contributed by atoms with Gasteiger partial charge >= 0.3 is 0 Å². The summed E-state index contributed by atoms with van der Waals surface area (Å²) in [5, 5.41) is 7.78. The van der Waals surface area contributed by atoms with Crippen molar-refractivity contribution < 1.29 is 9.53 Å². The number of thiocarbonyl (C=S) groups is 1. The van der Waals surface area contributed by atoms with Gasteiger partial charge in [0.25, 0.3) is 5.91 Å². The lowest BCUT2D eigenvalue weighted by molar-refractivity contribution is -0.130. The summed E-state index contributed by atoms with van der Waals surface area (Å²) < 4.78 is 5.43. The Labute approximate surface area is 142 Å². The Morgan fingerprint density at radius 2 is 1.91 bits per heavy atom. The van der Waals surface area contributed by atoms with Crippen molar-refractivity contribution >= 4 is 28.9 Å². The Balaban J connectivity index is 2.58. The molecule has 126 valence electrons. The first-order valence-corrected chi connectivity index (χ1v) is 7.74. The van der Waals surface area contributed by atoms with E-state index in [9.17, 15) is 4.79 Å². The van der Waals surface area contributed by atoms with Crippen molar-refractivity contribution in [1.29, 1.82) is 0 Å². The molecule has 1 aromatic carbocycles. The molecule has 0 unspecified atom stereocenters. The normalized spacial score (nSPS) is 11.1. The number of hydrogen-bond donors (Lipinski definition) is 2. The fourth-order valence-corrected chi connectivity index (χ4v) is 1.84. The lowest BCUT2D eigenvalue weighted by Gasteiger charge is -2.12. The van der Waals surface area contributed by atoms with Crippen molar-refractivity contribution in [3.05, 3.63) is 29.8 Å². The maximum Gasteiger partial charge on any atom is 0.259 e. The summed E-state index contributed by atoms with van der Waals surface area (Å²) in [6.45, 7) is 5.92. The number of hydrazone groups is 1. The molecule has 0 aliphatic rings. The van der Waals surface area contributed by atoms with Crippen molar-refractivity contribution in [2.75, 3.05) is 20.7 Å². The summed E-state index contributed by atoms with van der Waals surface area (Å²) in [6.07, 6.45) is 0. The monoisotopic (exact) mass is 336 g/mol. The number of rotatable bonds is 6. The second-order valence-corrected chi connectivity index (χ2v) is 5.95. The van der Waals surface area contributed by atoms with Crippen LogP contribution in [0.1, 0.15) is 26.3 Å². The van der Waals surface area contributed by atoms with Gasteiger partial charge in [0.2, 0.25) is 0 Å². The Hall–Kier alpha value is -2.15. The van der Waals surface area contributed by atoms with Gasteiger partial charge in [0.1, 0.15) is 5.75 Å². The van der Waals surface area contributed by atoms with E-state index >= 15 is 0 Å². The van der Waals surface area contributed by atoms with Crippen molar-refractivity contribution in [2.45, 2.75) is 26.8 Å². The van der Waals surface area contributed by atoms with E-state index in [4.69, 9.17) is 17.0 Å². The molecule has 0 heterocycles. The van der Waals surface area contributed by atoms with Crippen LogP contribution in [0.4, 0.5) is 0 Å². The molecule has 0 radical (unpaired) electrons. The van der Waals surface area contributed by atoms with Crippen LogP contribution in [0.25, 0.3) is 0 Å². The van der Waals surface area contributed by atoms with Gasteiger partial charge in [-0.1, -0.05) is 0 Å². The zero-order chi connectivity index (χ0) is 17.4. The van der Waals surface area contributed by atoms with Crippen LogP contribution in [0.2, 0.25) is 0 Å². The fraction of sp³-hybridized carbons (Fsp3) is 0.438. The highest BCUT2D eigenvalue weighted by Gasteiger charge is 2.05. The van der Waals surface area contributed by atoms with Gasteiger partial charge in [-0.2, -0.15) is 5.10 Å². The van der Waals surface area contributed by atoms with Gasteiger partial charge in [0, 0.05) is 20.1 Å². The molecule has 7 heteroatoms. The third kappa shape index (κ3) is 7.10. The minimum Gasteiger partial charge on any atom is -0.484 e. The topological polar surface area (TPSA) is 66.0 Å². The van der Waals surface area contributed by atoms with E-state index < -0.39 is 0 Å². The summed E-state index contributed by atoms with van der Waals surface area (Å²) in [5.41, 5.74) is 4.55. The van der Waals surface area contributed by atoms with Gasteiger partial charge in [-0.25, -0.2) is 0 Å². The average Bonchev–Trinajstić information content (AvgIpc) is 2.50. The number of carbonyl (C=O) groups excluding carboxylic acids is 1. The van der Waals surface area contributed by atoms with Gasteiger partial charge in [0.05, 0.1) is 5.71 Å². The molecule has 0 spiro atoms.